The van der Waals surface area contributed by atoms with Gasteiger partial charge in [-0.1, -0.05) is 12.1 Å². The molecule has 0 radical (unpaired) electrons. The number of nitrogens with zero attached hydrogens (tertiary/aromatic N) is 1. The first kappa shape index (κ1) is 10.6. The van der Waals surface area contributed by atoms with Gasteiger partial charge in [-0.2, -0.15) is 0 Å². The van der Waals surface area contributed by atoms with Gasteiger partial charge in [-0.3, -0.25) is 4.98 Å². The van der Waals surface area contributed by atoms with Gasteiger partial charge in [0.25, 0.3) is 0 Å². The molecule has 0 saturated carbocycles. The number of hydrogen-bond donors (Lipinski definition) is 0. The number of halogens is 1. The van der Waals surface area contributed by atoms with Crippen molar-refractivity contribution in [2.75, 3.05) is 7.11 Å². The third-order valence-corrected chi connectivity index (χ3v) is 2.38. The number of pyridine rings is 1. The van der Waals surface area contributed by atoms with Gasteiger partial charge in [0.05, 0.1) is 7.11 Å². The van der Waals surface area contributed by atoms with Crippen LogP contribution in [-0.4, -0.2) is 12.1 Å². The number of aromatic nitrogens is 1. The van der Waals surface area contributed by atoms with E-state index in [2.05, 4.69) is 4.98 Å². The number of aryl methyl sites for hydroxylation is 1. The van der Waals surface area contributed by atoms with Crippen LogP contribution in [0.3, 0.4) is 0 Å². The molecular weight excluding hydrogens is 205 g/mol. The van der Waals surface area contributed by atoms with E-state index in [1.807, 2.05) is 13.0 Å². The van der Waals surface area contributed by atoms with Crippen LogP contribution in [-0.2, 0) is 0 Å². The van der Waals surface area contributed by atoms with Crippen molar-refractivity contribution >= 4 is 0 Å². The van der Waals surface area contributed by atoms with E-state index < -0.39 is 0 Å². The molecule has 0 spiro atoms. The zero-order chi connectivity index (χ0) is 11.5. The maximum atomic E-state index is 12.8. The molecule has 3 heteroatoms. The first-order valence-corrected chi connectivity index (χ1v) is 4.97. The minimum Gasteiger partial charge on any atom is -0.496 e. The molecule has 0 fully saturated rings. The molecule has 0 atom stereocenters. The molecule has 82 valence electrons. The molecule has 0 aliphatic carbocycles. The van der Waals surface area contributed by atoms with E-state index in [1.54, 1.807) is 25.4 Å². The van der Waals surface area contributed by atoms with Gasteiger partial charge in [-0.05, 0) is 24.6 Å². The van der Waals surface area contributed by atoms with Crippen LogP contribution in [0, 0.1) is 12.7 Å². The van der Waals surface area contributed by atoms with Crippen LogP contribution in [0.1, 0.15) is 5.69 Å². The summed E-state index contributed by atoms with van der Waals surface area (Å²) >= 11 is 0. The van der Waals surface area contributed by atoms with Gasteiger partial charge in [0.1, 0.15) is 11.6 Å². The van der Waals surface area contributed by atoms with Crippen molar-refractivity contribution in [3.63, 3.8) is 0 Å². The zero-order valence-corrected chi connectivity index (χ0v) is 9.20. The second-order valence-electron chi connectivity index (χ2n) is 3.53. The Balaban J connectivity index is 2.51. The van der Waals surface area contributed by atoms with Crippen molar-refractivity contribution in [2.45, 2.75) is 6.92 Å². The number of ether oxygens (including phenoxy) is 1. The molecular formula is C13H12FNO. The van der Waals surface area contributed by atoms with Crippen molar-refractivity contribution in [2.24, 2.45) is 0 Å². The maximum Gasteiger partial charge on any atom is 0.130 e. The Morgan fingerprint density at radius 1 is 1.19 bits per heavy atom. The minimum absolute atomic E-state index is 0.247. The summed E-state index contributed by atoms with van der Waals surface area (Å²) in [6.45, 7) is 1.90. The van der Waals surface area contributed by atoms with Gasteiger partial charge < -0.3 is 4.74 Å². The minimum atomic E-state index is -0.247. The second-order valence-corrected chi connectivity index (χ2v) is 3.53. The Bertz CT molecular complexity index is 494. The average molecular weight is 217 g/mol. The molecule has 0 N–H and O–H groups in total. The SMILES string of the molecule is COc1cc(C)ncc1-c1ccc(F)cc1. The quantitative estimate of drug-likeness (QED) is 0.770. The molecule has 1 heterocycles. The second kappa shape index (κ2) is 4.31. The van der Waals surface area contributed by atoms with Crippen molar-refractivity contribution in [1.29, 1.82) is 0 Å². The summed E-state index contributed by atoms with van der Waals surface area (Å²) in [5.41, 5.74) is 2.65. The third-order valence-electron chi connectivity index (χ3n) is 2.38. The largest absolute Gasteiger partial charge is 0.496 e. The van der Waals surface area contributed by atoms with E-state index in [9.17, 15) is 4.39 Å². The highest BCUT2D eigenvalue weighted by Gasteiger charge is 2.06. The summed E-state index contributed by atoms with van der Waals surface area (Å²) in [6.07, 6.45) is 1.74. The summed E-state index contributed by atoms with van der Waals surface area (Å²) < 4.78 is 18.1. The first-order chi connectivity index (χ1) is 7.70. The fraction of sp³-hybridized carbons (Fsp3) is 0.154. The fourth-order valence-electron chi connectivity index (χ4n) is 1.55. The van der Waals surface area contributed by atoms with E-state index in [-0.39, 0.29) is 5.82 Å². The van der Waals surface area contributed by atoms with E-state index in [4.69, 9.17) is 4.74 Å². The Morgan fingerprint density at radius 2 is 1.88 bits per heavy atom. The lowest BCUT2D eigenvalue weighted by Crippen LogP contribution is -1.91. The lowest BCUT2D eigenvalue weighted by atomic mass is 10.1. The molecule has 0 amide bonds. The maximum absolute atomic E-state index is 12.8. The van der Waals surface area contributed by atoms with Crippen LogP contribution in [0.4, 0.5) is 4.39 Å². The Morgan fingerprint density at radius 3 is 2.50 bits per heavy atom. The van der Waals surface area contributed by atoms with Gasteiger partial charge in [-0.25, -0.2) is 4.39 Å². The molecule has 0 bridgehead atoms. The Hall–Kier alpha value is -1.90. The van der Waals surface area contributed by atoms with Gasteiger partial charge >= 0.3 is 0 Å². The topological polar surface area (TPSA) is 22.1 Å². The molecule has 0 aliphatic heterocycles. The lowest BCUT2D eigenvalue weighted by molar-refractivity contribution is 0.415. The van der Waals surface area contributed by atoms with Crippen LogP contribution in [0.15, 0.2) is 36.5 Å². The number of benzene rings is 1. The van der Waals surface area contributed by atoms with E-state index in [0.29, 0.717) is 0 Å². The lowest BCUT2D eigenvalue weighted by Gasteiger charge is -2.08. The molecule has 1 aromatic carbocycles. The molecule has 1 aromatic heterocycles. The molecule has 2 aromatic rings. The van der Waals surface area contributed by atoms with Crippen LogP contribution in [0.2, 0.25) is 0 Å². The van der Waals surface area contributed by atoms with Crippen LogP contribution < -0.4 is 4.74 Å². The van der Waals surface area contributed by atoms with Gasteiger partial charge in [0.2, 0.25) is 0 Å². The summed E-state index contributed by atoms with van der Waals surface area (Å²) in [6, 6.07) is 8.14. The molecule has 0 unspecified atom stereocenters. The number of rotatable bonds is 2. The Kier molecular flexibility index (Phi) is 2.86. The van der Waals surface area contributed by atoms with Crippen LogP contribution >= 0.6 is 0 Å². The Labute approximate surface area is 93.7 Å². The molecule has 0 saturated heterocycles. The predicted molar refractivity (Wildman–Crippen MR) is 60.9 cm³/mol. The van der Waals surface area contributed by atoms with Crippen molar-refractivity contribution in [3.05, 3.63) is 48.0 Å². The summed E-state index contributed by atoms with van der Waals surface area (Å²) in [5, 5.41) is 0. The molecule has 16 heavy (non-hydrogen) atoms. The van der Waals surface area contributed by atoms with Gasteiger partial charge in [0.15, 0.2) is 0 Å². The average Bonchev–Trinajstić information content (AvgIpc) is 2.30. The number of hydrogen-bond acceptors (Lipinski definition) is 2. The third kappa shape index (κ3) is 2.03. The fourth-order valence-corrected chi connectivity index (χ4v) is 1.55. The number of methoxy groups -OCH3 is 1. The highest BCUT2D eigenvalue weighted by atomic mass is 19.1. The van der Waals surface area contributed by atoms with Crippen molar-refractivity contribution in [1.82, 2.24) is 4.98 Å². The van der Waals surface area contributed by atoms with E-state index in [1.165, 1.54) is 12.1 Å². The predicted octanol–water partition coefficient (Wildman–Crippen LogP) is 3.20. The smallest absolute Gasteiger partial charge is 0.130 e. The van der Waals surface area contributed by atoms with Gasteiger partial charge in [-0.15, -0.1) is 0 Å². The van der Waals surface area contributed by atoms with Crippen LogP contribution in [0.5, 0.6) is 5.75 Å². The molecule has 2 nitrogen and oxygen atoms in total. The van der Waals surface area contributed by atoms with Gasteiger partial charge in [0, 0.05) is 23.5 Å². The summed E-state index contributed by atoms with van der Waals surface area (Å²) in [4.78, 5) is 4.21. The normalized spacial score (nSPS) is 10.2. The zero-order valence-electron chi connectivity index (χ0n) is 9.20. The van der Waals surface area contributed by atoms with E-state index in [0.717, 1.165) is 22.6 Å². The molecule has 0 aliphatic rings. The summed E-state index contributed by atoms with van der Waals surface area (Å²) in [7, 11) is 1.61. The van der Waals surface area contributed by atoms with Crippen molar-refractivity contribution in [3.8, 4) is 16.9 Å². The monoisotopic (exact) mass is 217 g/mol. The van der Waals surface area contributed by atoms with E-state index >= 15 is 0 Å². The van der Waals surface area contributed by atoms with Crippen molar-refractivity contribution < 1.29 is 9.13 Å². The highest BCUT2D eigenvalue weighted by Crippen LogP contribution is 2.29. The molecule has 2 rings (SSSR count). The highest BCUT2D eigenvalue weighted by molar-refractivity contribution is 5.69. The first-order valence-electron chi connectivity index (χ1n) is 4.97. The standard InChI is InChI=1S/C13H12FNO/c1-9-7-13(16-2)12(8-15-9)10-3-5-11(14)6-4-10/h3-8H,1-2H3. The van der Waals surface area contributed by atoms with Crippen LogP contribution in [0.25, 0.3) is 11.1 Å². The summed E-state index contributed by atoms with van der Waals surface area (Å²) in [5.74, 6) is 0.502.